The van der Waals surface area contributed by atoms with Gasteiger partial charge in [0.05, 0.1) is 5.69 Å². The number of aliphatic carboxylic acids is 1. The molecule has 78 valence electrons. The van der Waals surface area contributed by atoms with Crippen LogP contribution in [0.1, 0.15) is 38.3 Å². The average molecular weight is 196 g/mol. The molecule has 1 aromatic rings. The van der Waals surface area contributed by atoms with E-state index in [9.17, 15) is 4.79 Å². The zero-order valence-corrected chi connectivity index (χ0v) is 8.82. The monoisotopic (exact) mass is 196 g/mol. The maximum Gasteiger partial charge on any atom is 0.311 e. The Hall–Kier alpha value is -1.32. The van der Waals surface area contributed by atoms with Gasteiger partial charge in [0, 0.05) is 12.2 Å². The van der Waals surface area contributed by atoms with Crippen LogP contribution in [0.15, 0.2) is 6.20 Å². The van der Waals surface area contributed by atoms with Crippen LogP contribution in [0.3, 0.4) is 0 Å². The summed E-state index contributed by atoms with van der Waals surface area (Å²) in [5.74, 6) is -0.190. The van der Waals surface area contributed by atoms with E-state index in [-0.39, 0.29) is 12.5 Å². The van der Waals surface area contributed by atoms with Crippen LogP contribution in [0.4, 0.5) is 0 Å². The van der Waals surface area contributed by atoms with Crippen LogP contribution in [0.2, 0.25) is 0 Å². The second-order valence-corrected chi connectivity index (χ2v) is 3.57. The van der Waals surface area contributed by atoms with Crippen molar-refractivity contribution in [1.29, 1.82) is 0 Å². The van der Waals surface area contributed by atoms with Crippen LogP contribution in [0.25, 0.3) is 0 Å². The molecule has 0 saturated carbocycles. The molecule has 0 unspecified atom stereocenters. The number of aromatic nitrogens is 2. The van der Waals surface area contributed by atoms with Gasteiger partial charge in [-0.15, -0.1) is 0 Å². The minimum Gasteiger partial charge on any atom is -0.481 e. The fraction of sp³-hybridized carbons (Fsp3) is 0.600. The van der Waals surface area contributed by atoms with E-state index in [1.807, 2.05) is 31.5 Å². The number of rotatable bonds is 4. The molecule has 1 rings (SSSR count). The van der Waals surface area contributed by atoms with E-state index in [0.717, 1.165) is 12.1 Å². The third kappa shape index (κ3) is 2.34. The summed E-state index contributed by atoms with van der Waals surface area (Å²) in [7, 11) is 0. The SMILES string of the molecule is CCc1cn(C(C)C)c(CC(=O)O)n1. The van der Waals surface area contributed by atoms with Gasteiger partial charge < -0.3 is 9.67 Å². The number of hydrogen-bond donors (Lipinski definition) is 1. The number of carboxylic acid groups (broad SMARTS) is 1. The Morgan fingerprint density at radius 2 is 2.29 bits per heavy atom. The molecular weight excluding hydrogens is 180 g/mol. The molecule has 0 saturated heterocycles. The zero-order valence-electron chi connectivity index (χ0n) is 8.82. The predicted molar refractivity (Wildman–Crippen MR) is 53.3 cm³/mol. The maximum atomic E-state index is 10.6. The first kappa shape index (κ1) is 10.8. The van der Waals surface area contributed by atoms with Crippen molar-refractivity contribution in [3.05, 3.63) is 17.7 Å². The van der Waals surface area contributed by atoms with Crippen molar-refractivity contribution >= 4 is 5.97 Å². The Kier molecular flexibility index (Phi) is 3.28. The number of hydrogen-bond acceptors (Lipinski definition) is 2. The van der Waals surface area contributed by atoms with E-state index in [1.165, 1.54) is 0 Å². The summed E-state index contributed by atoms with van der Waals surface area (Å²) in [6.07, 6.45) is 2.77. The quantitative estimate of drug-likeness (QED) is 0.796. The summed E-state index contributed by atoms with van der Waals surface area (Å²) in [6.45, 7) is 6.05. The summed E-state index contributed by atoms with van der Waals surface area (Å²) in [5.41, 5.74) is 0.954. The molecule has 0 aliphatic heterocycles. The van der Waals surface area contributed by atoms with Crippen LogP contribution >= 0.6 is 0 Å². The van der Waals surface area contributed by atoms with Crippen LogP contribution in [-0.4, -0.2) is 20.6 Å². The largest absolute Gasteiger partial charge is 0.481 e. The smallest absolute Gasteiger partial charge is 0.311 e. The molecule has 0 aromatic carbocycles. The third-order valence-corrected chi connectivity index (χ3v) is 2.09. The highest BCUT2D eigenvalue weighted by atomic mass is 16.4. The fourth-order valence-electron chi connectivity index (χ4n) is 1.37. The molecule has 1 N–H and O–H groups in total. The summed E-state index contributed by atoms with van der Waals surface area (Å²) in [5, 5.41) is 8.70. The van der Waals surface area contributed by atoms with Gasteiger partial charge in [0.15, 0.2) is 0 Å². The van der Waals surface area contributed by atoms with Crippen LogP contribution < -0.4 is 0 Å². The van der Waals surface area contributed by atoms with Crippen molar-refractivity contribution in [3.8, 4) is 0 Å². The number of nitrogens with zero attached hydrogens (tertiary/aromatic N) is 2. The second-order valence-electron chi connectivity index (χ2n) is 3.57. The molecule has 0 aliphatic rings. The van der Waals surface area contributed by atoms with Crippen molar-refractivity contribution in [2.75, 3.05) is 0 Å². The lowest BCUT2D eigenvalue weighted by Gasteiger charge is -2.09. The highest BCUT2D eigenvalue weighted by molar-refractivity contribution is 5.69. The first-order valence-corrected chi connectivity index (χ1v) is 4.83. The van der Waals surface area contributed by atoms with E-state index < -0.39 is 5.97 Å². The molecule has 0 fully saturated rings. The summed E-state index contributed by atoms with van der Waals surface area (Å²) < 4.78 is 1.92. The lowest BCUT2D eigenvalue weighted by atomic mass is 10.3. The van der Waals surface area contributed by atoms with Crippen molar-refractivity contribution in [2.45, 2.75) is 39.7 Å². The van der Waals surface area contributed by atoms with Crippen molar-refractivity contribution < 1.29 is 9.90 Å². The molecule has 14 heavy (non-hydrogen) atoms. The fourth-order valence-corrected chi connectivity index (χ4v) is 1.37. The summed E-state index contributed by atoms with van der Waals surface area (Å²) in [4.78, 5) is 14.9. The van der Waals surface area contributed by atoms with E-state index >= 15 is 0 Å². The van der Waals surface area contributed by atoms with E-state index in [0.29, 0.717) is 5.82 Å². The number of carbonyl (C=O) groups is 1. The first-order valence-electron chi connectivity index (χ1n) is 4.83. The molecular formula is C10H16N2O2. The highest BCUT2D eigenvalue weighted by Gasteiger charge is 2.12. The summed E-state index contributed by atoms with van der Waals surface area (Å²) >= 11 is 0. The molecule has 0 atom stereocenters. The lowest BCUT2D eigenvalue weighted by Crippen LogP contribution is -2.10. The maximum absolute atomic E-state index is 10.6. The minimum absolute atomic E-state index is 0.00181. The molecule has 0 aliphatic carbocycles. The number of imidazole rings is 1. The van der Waals surface area contributed by atoms with Gasteiger partial charge in [0.25, 0.3) is 0 Å². The van der Waals surface area contributed by atoms with Gasteiger partial charge in [-0.25, -0.2) is 4.98 Å². The van der Waals surface area contributed by atoms with Gasteiger partial charge in [0.1, 0.15) is 12.2 Å². The normalized spacial score (nSPS) is 10.9. The van der Waals surface area contributed by atoms with Crippen LogP contribution in [-0.2, 0) is 17.6 Å². The van der Waals surface area contributed by atoms with E-state index in [2.05, 4.69) is 4.98 Å². The van der Waals surface area contributed by atoms with E-state index in [1.54, 1.807) is 0 Å². The van der Waals surface area contributed by atoms with Crippen LogP contribution in [0, 0.1) is 0 Å². The summed E-state index contributed by atoms with van der Waals surface area (Å²) in [6, 6.07) is 0.261. The Morgan fingerprint density at radius 3 is 2.71 bits per heavy atom. The average Bonchev–Trinajstić information content (AvgIpc) is 2.46. The lowest BCUT2D eigenvalue weighted by molar-refractivity contribution is -0.136. The van der Waals surface area contributed by atoms with Gasteiger partial charge in [-0.2, -0.15) is 0 Å². The topological polar surface area (TPSA) is 55.1 Å². The molecule has 0 spiro atoms. The second kappa shape index (κ2) is 4.26. The molecule has 4 nitrogen and oxygen atoms in total. The number of carboxylic acids is 1. The molecule has 0 radical (unpaired) electrons. The molecule has 1 heterocycles. The first-order chi connectivity index (χ1) is 6.54. The zero-order chi connectivity index (χ0) is 10.7. The third-order valence-electron chi connectivity index (χ3n) is 2.09. The minimum atomic E-state index is -0.833. The van der Waals surface area contributed by atoms with Crippen molar-refractivity contribution in [1.82, 2.24) is 9.55 Å². The standard InChI is InChI=1S/C10H16N2O2/c1-4-8-6-12(7(2)3)9(11-8)5-10(13)14/h6-7H,4-5H2,1-3H3,(H,13,14). The Bertz CT molecular complexity index is 329. The molecule has 4 heteroatoms. The van der Waals surface area contributed by atoms with Gasteiger partial charge in [0.2, 0.25) is 0 Å². The Balaban J connectivity index is 2.99. The van der Waals surface area contributed by atoms with Crippen LogP contribution in [0.5, 0.6) is 0 Å². The van der Waals surface area contributed by atoms with Gasteiger partial charge in [-0.1, -0.05) is 6.92 Å². The molecule has 0 amide bonds. The molecule has 0 bridgehead atoms. The van der Waals surface area contributed by atoms with E-state index in [4.69, 9.17) is 5.11 Å². The van der Waals surface area contributed by atoms with Gasteiger partial charge >= 0.3 is 5.97 Å². The van der Waals surface area contributed by atoms with Gasteiger partial charge in [-0.05, 0) is 20.3 Å². The van der Waals surface area contributed by atoms with Crippen molar-refractivity contribution in [3.63, 3.8) is 0 Å². The number of aryl methyl sites for hydroxylation is 1. The Morgan fingerprint density at radius 1 is 1.64 bits per heavy atom. The predicted octanol–water partition coefficient (Wildman–Crippen LogP) is 1.65. The Labute approximate surface area is 83.6 Å². The van der Waals surface area contributed by atoms with Crippen molar-refractivity contribution in [2.24, 2.45) is 0 Å². The highest BCUT2D eigenvalue weighted by Crippen LogP contribution is 2.12. The molecule has 1 aromatic heterocycles. The van der Waals surface area contributed by atoms with Gasteiger partial charge in [-0.3, -0.25) is 4.79 Å².